The number of rotatable bonds is 5. The number of nitrogens with one attached hydrogen (secondary N) is 1. The molecule has 5 aromatic rings. The van der Waals surface area contributed by atoms with Gasteiger partial charge in [0.25, 0.3) is 5.91 Å². The smallest absolute Gasteiger partial charge is 0.352 e. The third-order valence-corrected chi connectivity index (χ3v) is 6.84. The minimum atomic E-state index is -1.03. The van der Waals surface area contributed by atoms with Gasteiger partial charge in [0.2, 0.25) is 0 Å². The molecule has 6 rings (SSSR count). The van der Waals surface area contributed by atoms with Crippen LogP contribution in [0.1, 0.15) is 21.6 Å². The van der Waals surface area contributed by atoms with E-state index in [4.69, 9.17) is 11.6 Å². The van der Waals surface area contributed by atoms with Crippen molar-refractivity contribution in [3.8, 4) is 27.9 Å². The molecule has 186 valence electrons. The zero-order valence-electron chi connectivity index (χ0n) is 20.1. The van der Waals surface area contributed by atoms with E-state index in [0.717, 1.165) is 27.9 Å². The molecular formula is C29H20ClN5O3. The fourth-order valence-corrected chi connectivity index (χ4v) is 4.89. The van der Waals surface area contributed by atoms with E-state index in [9.17, 15) is 14.7 Å². The van der Waals surface area contributed by atoms with Crippen LogP contribution in [0.25, 0.3) is 39.6 Å². The lowest BCUT2D eigenvalue weighted by atomic mass is 9.96. The van der Waals surface area contributed by atoms with Gasteiger partial charge >= 0.3 is 5.97 Å². The zero-order valence-corrected chi connectivity index (χ0v) is 20.8. The van der Waals surface area contributed by atoms with E-state index in [1.54, 1.807) is 36.4 Å². The summed E-state index contributed by atoms with van der Waals surface area (Å²) in [5, 5.41) is 16.9. The van der Waals surface area contributed by atoms with E-state index in [-0.39, 0.29) is 11.6 Å². The molecule has 3 aromatic carbocycles. The number of benzene rings is 3. The average Bonchev–Trinajstić information content (AvgIpc) is 3.64. The molecule has 1 aliphatic rings. The predicted molar refractivity (Wildman–Crippen MR) is 146 cm³/mol. The van der Waals surface area contributed by atoms with Gasteiger partial charge in [-0.05, 0) is 58.7 Å². The van der Waals surface area contributed by atoms with Crippen LogP contribution in [-0.2, 0) is 11.8 Å². The Balaban J connectivity index is 1.32. The number of anilines is 1. The Hall–Kier alpha value is -4.95. The number of aromatic nitrogens is 4. The average molecular weight is 522 g/mol. The molecule has 1 amide bonds. The summed E-state index contributed by atoms with van der Waals surface area (Å²) in [5.74, 6) is -1.30. The van der Waals surface area contributed by atoms with Crippen LogP contribution in [0, 0.1) is 0 Å². The van der Waals surface area contributed by atoms with E-state index in [2.05, 4.69) is 15.4 Å². The van der Waals surface area contributed by atoms with E-state index in [0.29, 0.717) is 27.4 Å². The molecule has 0 spiro atoms. The summed E-state index contributed by atoms with van der Waals surface area (Å²) in [7, 11) is 1.65. The van der Waals surface area contributed by atoms with Crippen molar-refractivity contribution < 1.29 is 14.7 Å². The van der Waals surface area contributed by atoms with Gasteiger partial charge in [-0.2, -0.15) is 5.10 Å². The number of nitrogens with zero attached hydrogens (tertiary/aromatic N) is 4. The molecule has 9 heteroatoms. The summed E-state index contributed by atoms with van der Waals surface area (Å²) < 4.78 is 3.22. The van der Waals surface area contributed by atoms with Crippen molar-refractivity contribution in [1.82, 2.24) is 19.3 Å². The highest BCUT2D eigenvalue weighted by Gasteiger charge is 2.26. The van der Waals surface area contributed by atoms with Crippen molar-refractivity contribution in [3.05, 3.63) is 107 Å². The fraction of sp³-hybridized carbons (Fsp3) is 0.0345. The molecule has 0 radical (unpaired) electrons. The Labute approximate surface area is 222 Å². The normalized spacial score (nSPS) is 13.5. The van der Waals surface area contributed by atoms with Crippen LogP contribution in [0.2, 0.25) is 5.02 Å². The number of amides is 1. The molecule has 0 saturated heterocycles. The Bertz CT molecular complexity index is 1730. The molecule has 2 aromatic heterocycles. The first kappa shape index (κ1) is 23.4. The molecule has 0 fully saturated rings. The van der Waals surface area contributed by atoms with Gasteiger partial charge in [0.1, 0.15) is 18.3 Å². The third kappa shape index (κ3) is 4.16. The molecule has 0 bridgehead atoms. The molecule has 0 aliphatic carbocycles. The molecular weight excluding hydrogens is 502 g/mol. The van der Waals surface area contributed by atoms with E-state index < -0.39 is 5.97 Å². The van der Waals surface area contributed by atoms with E-state index >= 15 is 0 Å². The molecule has 0 atom stereocenters. The Morgan fingerprint density at radius 2 is 1.66 bits per heavy atom. The lowest BCUT2D eigenvalue weighted by molar-refractivity contribution is -0.110. The number of aryl methyl sites for hydroxylation is 1. The number of hydrogen-bond acceptors (Lipinski definition) is 4. The van der Waals surface area contributed by atoms with Crippen LogP contribution < -0.4 is 5.32 Å². The van der Waals surface area contributed by atoms with E-state index in [1.807, 2.05) is 54.6 Å². The third-order valence-electron chi connectivity index (χ3n) is 6.53. The number of carbonyl (C=O) groups excluding carboxylic acids is 1. The predicted octanol–water partition coefficient (Wildman–Crippen LogP) is 5.78. The number of fused-ring (bicyclic) bond motifs is 1. The van der Waals surface area contributed by atoms with Gasteiger partial charge in [-0.1, -0.05) is 48.0 Å². The maximum Gasteiger partial charge on any atom is 0.352 e. The van der Waals surface area contributed by atoms with Crippen LogP contribution in [0.5, 0.6) is 0 Å². The quantitative estimate of drug-likeness (QED) is 0.285. The van der Waals surface area contributed by atoms with Gasteiger partial charge in [0.15, 0.2) is 0 Å². The summed E-state index contributed by atoms with van der Waals surface area (Å²) in [6, 6.07) is 21.3. The van der Waals surface area contributed by atoms with Crippen molar-refractivity contribution in [2.45, 2.75) is 0 Å². The molecule has 3 heterocycles. The largest absolute Gasteiger partial charge is 0.477 e. The van der Waals surface area contributed by atoms with Gasteiger partial charge in [0.05, 0.1) is 16.4 Å². The number of carbonyl (C=O) groups is 2. The summed E-state index contributed by atoms with van der Waals surface area (Å²) >= 11 is 6.63. The second kappa shape index (κ2) is 9.17. The second-order valence-corrected chi connectivity index (χ2v) is 9.34. The number of halogens is 1. The lowest BCUT2D eigenvalue weighted by Gasteiger charge is -2.10. The number of carboxylic acids is 1. The van der Waals surface area contributed by atoms with Crippen LogP contribution in [0.3, 0.4) is 0 Å². The number of aromatic carboxylic acids is 1. The first-order valence-corrected chi connectivity index (χ1v) is 12.1. The molecule has 2 N–H and O–H groups in total. The van der Waals surface area contributed by atoms with Crippen molar-refractivity contribution in [2.24, 2.45) is 7.05 Å². The zero-order chi connectivity index (χ0) is 26.4. The minimum Gasteiger partial charge on any atom is -0.477 e. The molecule has 1 aliphatic heterocycles. The Morgan fingerprint density at radius 3 is 2.29 bits per heavy atom. The molecule has 38 heavy (non-hydrogen) atoms. The highest BCUT2D eigenvalue weighted by Crippen LogP contribution is 2.41. The maximum atomic E-state index is 12.8. The van der Waals surface area contributed by atoms with Crippen LogP contribution in [0.4, 0.5) is 5.69 Å². The summed E-state index contributed by atoms with van der Waals surface area (Å²) in [6.07, 6.45) is 6.52. The van der Waals surface area contributed by atoms with Gasteiger partial charge in [-0.25, -0.2) is 14.5 Å². The number of carboxylic acid groups (broad SMARTS) is 1. The summed E-state index contributed by atoms with van der Waals surface area (Å²) in [6.45, 7) is 0. The monoisotopic (exact) mass is 521 g/mol. The first-order chi connectivity index (χ1) is 18.4. The van der Waals surface area contributed by atoms with Gasteiger partial charge in [-0.3, -0.25) is 4.79 Å². The summed E-state index contributed by atoms with van der Waals surface area (Å²) in [5.41, 5.74) is 7.28. The maximum absolute atomic E-state index is 12.8. The number of hydrogen-bond donors (Lipinski definition) is 2. The van der Waals surface area contributed by atoms with Gasteiger partial charge in [0, 0.05) is 29.9 Å². The summed E-state index contributed by atoms with van der Waals surface area (Å²) in [4.78, 5) is 28.2. The highest BCUT2D eigenvalue weighted by molar-refractivity contribution is 6.38. The van der Waals surface area contributed by atoms with Gasteiger partial charge in [-0.15, -0.1) is 0 Å². The van der Waals surface area contributed by atoms with Gasteiger partial charge < -0.3 is 15.0 Å². The minimum absolute atomic E-state index is 0.139. The van der Waals surface area contributed by atoms with Crippen molar-refractivity contribution >= 4 is 40.8 Å². The van der Waals surface area contributed by atoms with E-state index in [1.165, 1.54) is 17.0 Å². The second-order valence-electron chi connectivity index (χ2n) is 8.93. The van der Waals surface area contributed by atoms with Crippen molar-refractivity contribution in [2.75, 3.05) is 5.32 Å². The van der Waals surface area contributed by atoms with Crippen LogP contribution >= 0.6 is 11.6 Å². The molecule has 0 saturated carbocycles. The van der Waals surface area contributed by atoms with Crippen LogP contribution in [0.15, 0.2) is 85.6 Å². The Kier molecular flexibility index (Phi) is 5.66. The Morgan fingerprint density at radius 1 is 0.974 bits per heavy atom. The fourth-order valence-electron chi connectivity index (χ4n) is 4.61. The molecule has 8 nitrogen and oxygen atoms in total. The van der Waals surface area contributed by atoms with Crippen LogP contribution in [-0.4, -0.2) is 36.3 Å². The standard InChI is InChI=1S/C29H20ClN5O3/c1-34-14-17(11-27(34)29(37)38)10-24-23-12-22(25(30)13-26(23)33-28(24)36)20-4-2-18(3-5-20)19-6-8-21(9-7-19)35-16-31-15-32-35/h2-16H,1H3,(H,33,36)(H,37,38)/b24-10-. The highest BCUT2D eigenvalue weighted by atomic mass is 35.5. The van der Waals surface area contributed by atoms with Crippen molar-refractivity contribution in [1.29, 1.82) is 0 Å². The van der Waals surface area contributed by atoms with Crippen molar-refractivity contribution in [3.63, 3.8) is 0 Å². The SMILES string of the molecule is Cn1cc(/C=C2\C(=O)Nc3cc(Cl)c(-c4ccc(-c5ccc(-n6cncn6)cc5)cc4)cc32)cc1C(=O)O. The molecule has 0 unspecified atom stereocenters. The lowest BCUT2D eigenvalue weighted by Crippen LogP contribution is -2.03. The first-order valence-electron chi connectivity index (χ1n) is 11.7. The topological polar surface area (TPSA) is 102 Å².